The molecule has 1 amide bonds. The second-order valence-corrected chi connectivity index (χ2v) is 6.52. The highest BCUT2D eigenvalue weighted by Gasteiger charge is 2.37. The van der Waals surface area contributed by atoms with Crippen LogP contribution < -0.4 is 10.2 Å². The minimum absolute atomic E-state index is 0.0130. The second-order valence-electron chi connectivity index (χ2n) is 4.85. The number of hydrogen-bond donors (Lipinski definition) is 0. The molecular weight excluding hydrogens is 357 g/mol. The van der Waals surface area contributed by atoms with E-state index in [4.69, 9.17) is 12.2 Å². The molecule has 0 N–H and O–H groups in total. The minimum Gasteiger partial charge on any atom is -0.550 e. The number of carboxylic acids is 2. The van der Waals surface area contributed by atoms with Crippen molar-refractivity contribution in [2.75, 3.05) is 0 Å². The van der Waals surface area contributed by atoms with Crippen LogP contribution in [0.25, 0.3) is 6.08 Å². The van der Waals surface area contributed by atoms with E-state index in [1.807, 2.05) is 0 Å². The zero-order valence-corrected chi connectivity index (χ0v) is 13.7. The molecular formula is C15H10FNO5S2-2. The fraction of sp³-hybridized carbons (Fsp3) is 0.200. The molecule has 0 radical (unpaired) electrons. The molecule has 1 aliphatic heterocycles. The van der Waals surface area contributed by atoms with Crippen LogP contribution in [0.5, 0.6) is 0 Å². The zero-order valence-electron chi connectivity index (χ0n) is 12.1. The molecule has 9 heteroatoms. The smallest absolute Gasteiger partial charge is 0.266 e. The van der Waals surface area contributed by atoms with Gasteiger partial charge in [0.05, 0.1) is 16.9 Å². The first-order valence-corrected chi connectivity index (χ1v) is 7.95. The Morgan fingerprint density at radius 1 is 1.29 bits per heavy atom. The summed E-state index contributed by atoms with van der Waals surface area (Å²) in [5, 5.41) is 21.8. The first kappa shape index (κ1) is 18.1. The quantitative estimate of drug-likeness (QED) is 0.501. The number of carbonyl (C=O) groups excluding carboxylic acids is 3. The Kier molecular flexibility index (Phi) is 5.68. The van der Waals surface area contributed by atoms with E-state index in [0.29, 0.717) is 5.56 Å². The van der Waals surface area contributed by atoms with Gasteiger partial charge in [-0.15, -0.1) is 0 Å². The molecule has 24 heavy (non-hydrogen) atoms. The summed E-state index contributed by atoms with van der Waals surface area (Å²) in [5.41, 5.74) is 0.539. The average Bonchev–Trinajstić information content (AvgIpc) is 2.77. The maximum absolute atomic E-state index is 12.9. The fourth-order valence-electron chi connectivity index (χ4n) is 2.07. The molecule has 0 aliphatic carbocycles. The monoisotopic (exact) mass is 367 g/mol. The van der Waals surface area contributed by atoms with Gasteiger partial charge in [0, 0.05) is 5.97 Å². The number of halogens is 1. The molecule has 0 aromatic heterocycles. The van der Waals surface area contributed by atoms with Crippen LogP contribution in [-0.2, 0) is 14.4 Å². The molecule has 1 fully saturated rings. The van der Waals surface area contributed by atoms with Crippen molar-refractivity contribution in [1.29, 1.82) is 0 Å². The largest absolute Gasteiger partial charge is 0.550 e. The predicted molar refractivity (Wildman–Crippen MR) is 84.4 cm³/mol. The lowest BCUT2D eigenvalue weighted by atomic mass is 10.1. The Bertz CT molecular complexity index is 732. The van der Waals surface area contributed by atoms with Gasteiger partial charge in [-0.05, 0) is 36.6 Å². The average molecular weight is 367 g/mol. The number of amides is 1. The van der Waals surface area contributed by atoms with E-state index in [1.54, 1.807) is 0 Å². The number of nitrogens with zero attached hydrogens (tertiary/aromatic N) is 1. The SMILES string of the molecule is O=C([O-])CC[C@H](C(=O)[O-])N1C(=O)/C(=C\c2ccc(F)cc2)SC1=S. The summed E-state index contributed by atoms with van der Waals surface area (Å²) in [6.07, 6.45) is 0.525. The summed E-state index contributed by atoms with van der Waals surface area (Å²) in [4.78, 5) is 35.2. The number of thioether (sulfide) groups is 1. The van der Waals surface area contributed by atoms with Crippen LogP contribution in [0, 0.1) is 5.82 Å². The highest BCUT2D eigenvalue weighted by molar-refractivity contribution is 8.26. The molecule has 1 aromatic rings. The number of carboxylic acid groups (broad SMARTS) is 2. The molecule has 1 aliphatic rings. The van der Waals surface area contributed by atoms with E-state index < -0.39 is 36.1 Å². The van der Waals surface area contributed by atoms with Crippen molar-refractivity contribution >= 4 is 52.2 Å². The first-order chi connectivity index (χ1) is 11.3. The van der Waals surface area contributed by atoms with Gasteiger partial charge in [0.2, 0.25) is 0 Å². The molecule has 0 bridgehead atoms. The molecule has 126 valence electrons. The molecule has 1 saturated heterocycles. The van der Waals surface area contributed by atoms with Crippen molar-refractivity contribution in [1.82, 2.24) is 4.90 Å². The van der Waals surface area contributed by atoms with E-state index in [1.165, 1.54) is 30.3 Å². The van der Waals surface area contributed by atoms with Crippen LogP contribution in [0.4, 0.5) is 4.39 Å². The van der Waals surface area contributed by atoms with Gasteiger partial charge in [-0.1, -0.05) is 36.1 Å². The number of aliphatic carboxylic acids is 2. The molecule has 1 heterocycles. The topological polar surface area (TPSA) is 101 Å². The van der Waals surface area contributed by atoms with E-state index in [0.717, 1.165) is 16.7 Å². The van der Waals surface area contributed by atoms with Crippen molar-refractivity contribution < 1.29 is 29.0 Å². The van der Waals surface area contributed by atoms with Crippen LogP contribution in [0.15, 0.2) is 29.2 Å². The molecule has 0 saturated carbocycles. The van der Waals surface area contributed by atoms with Gasteiger partial charge in [0.15, 0.2) is 0 Å². The Morgan fingerprint density at radius 2 is 1.92 bits per heavy atom. The third kappa shape index (κ3) is 4.18. The Hall–Kier alpha value is -2.26. The highest BCUT2D eigenvalue weighted by atomic mass is 32.2. The Morgan fingerprint density at radius 3 is 2.46 bits per heavy atom. The highest BCUT2D eigenvalue weighted by Crippen LogP contribution is 2.34. The maximum atomic E-state index is 12.9. The lowest BCUT2D eigenvalue weighted by Crippen LogP contribution is -2.50. The van der Waals surface area contributed by atoms with Crippen LogP contribution in [0.1, 0.15) is 18.4 Å². The van der Waals surface area contributed by atoms with Crippen molar-refractivity contribution in [3.8, 4) is 0 Å². The van der Waals surface area contributed by atoms with E-state index >= 15 is 0 Å². The zero-order chi connectivity index (χ0) is 17.9. The summed E-state index contributed by atoms with van der Waals surface area (Å²) in [7, 11) is 0. The number of rotatable bonds is 6. The van der Waals surface area contributed by atoms with Gasteiger partial charge in [0.25, 0.3) is 5.91 Å². The molecule has 0 spiro atoms. The lowest BCUT2D eigenvalue weighted by molar-refractivity contribution is -0.311. The number of hydrogen-bond acceptors (Lipinski definition) is 7. The van der Waals surface area contributed by atoms with Crippen molar-refractivity contribution in [3.63, 3.8) is 0 Å². The van der Waals surface area contributed by atoms with Crippen molar-refractivity contribution in [2.24, 2.45) is 0 Å². The van der Waals surface area contributed by atoms with Crippen LogP contribution in [0.3, 0.4) is 0 Å². The summed E-state index contributed by atoms with van der Waals surface area (Å²) < 4.78 is 12.9. The first-order valence-electron chi connectivity index (χ1n) is 6.73. The summed E-state index contributed by atoms with van der Waals surface area (Å²) >= 11 is 5.90. The normalized spacial score (nSPS) is 17.4. The molecule has 6 nitrogen and oxygen atoms in total. The number of carbonyl (C=O) groups is 3. The van der Waals surface area contributed by atoms with Gasteiger partial charge in [0.1, 0.15) is 10.1 Å². The molecule has 1 atom stereocenters. The van der Waals surface area contributed by atoms with Crippen LogP contribution in [-0.4, -0.2) is 33.1 Å². The van der Waals surface area contributed by atoms with Gasteiger partial charge >= 0.3 is 0 Å². The molecule has 0 unspecified atom stereocenters. The summed E-state index contributed by atoms with van der Waals surface area (Å²) in [5.74, 6) is -4.13. The van der Waals surface area contributed by atoms with E-state index in [2.05, 4.69) is 0 Å². The van der Waals surface area contributed by atoms with Crippen molar-refractivity contribution in [2.45, 2.75) is 18.9 Å². The van der Waals surface area contributed by atoms with E-state index in [-0.39, 0.29) is 15.6 Å². The molecule has 2 rings (SSSR count). The second kappa shape index (κ2) is 7.54. The third-order valence-corrected chi connectivity index (χ3v) is 4.53. The van der Waals surface area contributed by atoms with Crippen LogP contribution >= 0.6 is 24.0 Å². The third-order valence-electron chi connectivity index (χ3n) is 3.20. The summed E-state index contributed by atoms with van der Waals surface area (Å²) in [6.45, 7) is 0. The minimum atomic E-state index is -1.60. The Labute approximate surface area is 146 Å². The van der Waals surface area contributed by atoms with Gasteiger partial charge in [-0.25, -0.2) is 4.39 Å². The standard InChI is InChI=1S/C15H12FNO5S2/c16-9-3-1-8(2-4-9)7-11-13(20)17(15(23)24-11)10(14(21)22)5-6-12(18)19/h1-4,7,10H,5-6H2,(H,18,19)(H,21,22)/p-2/b11-7+/t10-/m1/s1. The van der Waals surface area contributed by atoms with Crippen LogP contribution in [0.2, 0.25) is 0 Å². The molecule has 1 aromatic carbocycles. The van der Waals surface area contributed by atoms with Gasteiger partial charge < -0.3 is 19.8 Å². The van der Waals surface area contributed by atoms with Crippen molar-refractivity contribution in [3.05, 3.63) is 40.6 Å². The predicted octanol–water partition coefficient (Wildman–Crippen LogP) is -0.324. The van der Waals surface area contributed by atoms with E-state index in [9.17, 15) is 29.0 Å². The number of thiocarbonyl (C=S) groups is 1. The van der Waals surface area contributed by atoms with Gasteiger partial charge in [-0.3, -0.25) is 9.69 Å². The lowest BCUT2D eigenvalue weighted by Gasteiger charge is -2.27. The fourth-order valence-corrected chi connectivity index (χ4v) is 3.42. The Balaban J connectivity index is 2.24. The maximum Gasteiger partial charge on any atom is 0.266 e. The van der Waals surface area contributed by atoms with Gasteiger partial charge in [-0.2, -0.15) is 0 Å². The summed E-state index contributed by atoms with van der Waals surface area (Å²) in [6, 6.07) is 3.85. The number of benzene rings is 1.